The van der Waals surface area contributed by atoms with Crippen LogP contribution in [0.15, 0.2) is 39.3 Å². The summed E-state index contributed by atoms with van der Waals surface area (Å²) in [5.74, 6) is 0.257. The topological polar surface area (TPSA) is 105 Å². The van der Waals surface area contributed by atoms with E-state index in [0.717, 1.165) is 10.7 Å². The Bertz CT molecular complexity index is 960. The van der Waals surface area contributed by atoms with E-state index in [2.05, 4.69) is 20.5 Å². The van der Waals surface area contributed by atoms with E-state index in [0.29, 0.717) is 28.8 Å². The average molecular weight is 385 g/mol. The molecule has 0 bridgehead atoms. The van der Waals surface area contributed by atoms with E-state index in [4.69, 9.17) is 9.68 Å². The van der Waals surface area contributed by atoms with E-state index in [1.54, 1.807) is 42.5 Å². The summed E-state index contributed by atoms with van der Waals surface area (Å²) in [5.41, 5.74) is 1.95. The fourth-order valence-corrected chi connectivity index (χ4v) is 3.43. The van der Waals surface area contributed by atoms with Crippen LogP contribution in [0.4, 0.5) is 5.69 Å². The van der Waals surface area contributed by atoms with Crippen molar-refractivity contribution < 1.29 is 9.21 Å². The van der Waals surface area contributed by atoms with E-state index in [1.165, 1.54) is 11.8 Å². The molecule has 9 heteroatoms. The number of carbonyl (C=O) groups is 1. The number of nitrogens with zero attached hydrogens (tertiary/aromatic N) is 4. The molecule has 0 aliphatic heterocycles. The van der Waals surface area contributed by atoms with E-state index < -0.39 is 5.25 Å². The van der Waals surface area contributed by atoms with Gasteiger partial charge in [-0.15, -0.1) is 21.5 Å². The second-order valence-electron chi connectivity index (χ2n) is 5.44. The van der Waals surface area contributed by atoms with Crippen molar-refractivity contribution in [1.29, 1.82) is 5.26 Å². The van der Waals surface area contributed by atoms with Crippen molar-refractivity contribution in [3.8, 4) is 6.07 Å². The maximum absolute atomic E-state index is 12.3. The second-order valence-corrected chi connectivity index (χ2v) is 7.79. The van der Waals surface area contributed by atoms with Gasteiger partial charge in [0.25, 0.3) is 5.22 Å². The van der Waals surface area contributed by atoms with Crippen LogP contribution in [-0.4, -0.2) is 26.3 Å². The number of hydrogen-bond acceptors (Lipinski definition) is 8. The minimum Gasteiger partial charge on any atom is -0.416 e. The summed E-state index contributed by atoms with van der Waals surface area (Å²) < 4.78 is 5.59. The molecule has 7 nitrogen and oxygen atoms in total. The highest BCUT2D eigenvalue weighted by Crippen LogP contribution is 2.24. The van der Waals surface area contributed by atoms with Gasteiger partial charge in [-0.2, -0.15) is 5.26 Å². The van der Waals surface area contributed by atoms with Gasteiger partial charge in [-0.3, -0.25) is 4.79 Å². The molecule has 2 heterocycles. The number of hydrogen-bond donors (Lipinski definition) is 1. The molecule has 0 aliphatic rings. The lowest BCUT2D eigenvalue weighted by Gasteiger charge is -2.09. The predicted molar refractivity (Wildman–Crippen MR) is 99.1 cm³/mol. The fraction of sp³-hybridized carbons (Fsp3) is 0.235. The molecule has 3 aromatic rings. The van der Waals surface area contributed by atoms with Gasteiger partial charge in [0, 0.05) is 11.1 Å². The molecule has 1 N–H and O–H groups in total. The number of carbonyl (C=O) groups excluding carboxylic acids is 1. The Morgan fingerprint density at radius 2 is 2.31 bits per heavy atom. The molecule has 0 saturated heterocycles. The zero-order chi connectivity index (χ0) is 18.5. The number of aromatic nitrogens is 3. The normalized spacial score (nSPS) is 11.7. The van der Waals surface area contributed by atoms with Crippen LogP contribution in [0.2, 0.25) is 0 Å². The zero-order valence-electron chi connectivity index (χ0n) is 14.1. The Hall–Kier alpha value is -2.70. The minimum atomic E-state index is -0.435. The summed E-state index contributed by atoms with van der Waals surface area (Å²) >= 11 is 2.75. The first-order chi connectivity index (χ1) is 12.5. The smallest absolute Gasteiger partial charge is 0.277 e. The largest absolute Gasteiger partial charge is 0.416 e. The standard InChI is InChI=1S/C17H15N5O2S2/c1-10(16(23)20-13-5-3-4-12(6-13)8-18)26-17-22-21-15(24-17)7-14-9-25-11(2)19-14/h3-6,9-10H,7H2,1-2H3,(H,20,23)/t10-/m1/s1. The maximum Gasteiger partial charge on any atom is 0.277 e. The number of nitrogens with one attached hydrogen (secondary N) is 1. The first-order valence-electron chi connectivity index (χ1n) is 7.74. The molecule has 132 valence electrons. The number of aryl methyl sites for hydroxylation is 1. The Morgan fingerprint density at radius 3 is 3.04 bits per heavy atom. The van der Waals surface area contributed by atoms with Crippen molar-refractivity contribution in [2.24, 2.45) is 0 Å². The van der Waals surface area contributed by atoms with Crippen LogP contribution in [0.5, 0.6) is 0 Å². The van der Waals surface area contributed by atoms with E-state index in [9.17, 15) is 4.79 Å². The van der Waals surface area contributed by atoms with Crippen LogP contribution in [0, 0.1) is 18.3 Å². The third-order valence-electron chi connectivity index (χ3n) is 3.35. The molecular weight excluding hydrogens is 370 g/mol. The molecule has 1 atom stereocenters. The molecule has 1 amide bonds. The van der Waals surface area contributed by atoms with Gasteiger partial charge < -0.3 is 9.73 Å². The summed E-state index contributed by atoms with van der Waals surface area (Å²) in [7, 11) is 0. The van der Waals surface area contributed by atoms with Crippen molar-refractivity contribution in [2.75, 3.05) is 5.32 Å². The summed E-state index contributed by atoms with van der Waals surface area (Å²) in [6.45, 7) is 3.69. The molecule has 1 aromatic carbocycles. The summed E-state index contributed by atoms with van der Waals surface area (Å²) in [5, 5.41) is 22.5. The third kappa shape index (κ3) is 4.68. The van der Waals surface area contributed by atoms with Crippen LogP contribution < -0.4 is 5.32 Å². The Balaban J connectivity index is 1.58. The number of nitriles is 1. The van der Waals surface area contributed by atoms with Crippen molar-refractivity contribution in [3.63, 3.8) is 0 Å². The third-order valence-corrected chi connectivity index (χ3v) is 5.11. The van der Waals surface area contributed by atoms with Crippen molar-refractivity contribution in [2.45, 2.75) is 30.7 Å². The number of anilines is 1. The van der Waals surface area contributed by atoms with Gasteiger partial charge in [-0.25, -0.2) is 4.98 Å². The Kier molecular flexibility index (Phi) is 5.65. The lowest BCUT2D eigenvalue weighted by atomic mass is 10.2. The summed E-state index contributed by atoms with van der Waals surface area (Å²) in [4.78, 5) is 16.7. The molecule has 0 unspecified atom stereocenters. The SMILES string of the molecule is Cc1nc(Cc2nnc(S[C@H](C)C(=O)Nc3cccc(C#N)c3)o2)cs1. The molecule has 26 heavy (non-hydrogen) atoms. The zero-order valence-corrected chi connectivity index (χ0v) is 15.7. The van der Waals surface area contributed by atoms with Crippen molar-refractivity contribution in [1.82, 2.24) is 15.2 Å². The van der Waals surface area contributed by atoms with Gasteiger partial charge in [-0.05, 0) is 32.0 Å². The number of rotatable bonds is 6. The van der Waals surface area contributed by atoms with Crippen LogP contribution >= 0.6 is 23.1 Å². The van der Waals surface area contributed by atoms with Gasteiger partial charge in [0.1, 0.15) is 0 Å². The molecule has 0 saturated carbocycles. The Morgan fingerprint density at radius 1 is 1.46 bits per heavy atom. The van der Waals surface area contributed by atoms with E-state index in [1.807, 2.05) is 18.4 Å². The Labute approximate surface area is 158 Å². The molecule has 3 rings (SSSR count). The van der Waals surface area contributed by atoms with Crippen LogP contribution in [-0.2, 0) is 11.2 Å². The molecule has 0 spiro atoms. The quantitative estimate of drug-likeness (QED) is 0.648. The highest BCUT2D eigenvalue weighted by molar-refractivity contribution is 8.00. The lowest BCUT2D eigenvalue weighted by molar-refractivity contribution is -0.115. The number of amides is 1. The summed E-state index contributed by atoms with van der Waals surface area (Å²) in [6, 6.07) is 8.79. The van der Waals surface area contributed by atoms with Gasteiger partial charge in [0.05, 0.1) is 34.0 Å². The van der Waals surface area contributed by atoms with Crippen LogP contribution in [0.1, 0.15) is 29.1 Å². The van der Waals surface area contributed by atoms with Crippen molar-refractivity contribution in [3.05, 3.63) is 51.8 Å². The molecule has 0 radical (unpaired) electrons. The predicted octanol–water partition coefficient (Wildman–Crippen LogP) is 3.42. The molecular formula is C17H15N5O2S2. The minimum absolute atomic E-state index is 0.208. The van der Waals surface area contributed by atoms with Crippen LogP contribution in [0.25, 0.3) is 0 Å². The monoisotopic (exact) mass is 385 g/mol. The van der Waals surface area contributed by atoms with Crippen molar-refractivity contribution >= 4 is 34.7 Å². The van der Waals surface area contributed by atoms with E-state index in [-0.39, 0.29) is 5.91 Å². The van der Waals surface area contributed by atoms with Gasteiger partial charge >= 0.3 is 0 Å². The highest BCUT2D eigenvalue weighted by atomic mass is 32.2. The van der Waals surface area contributed by atoms with E-state index >= 15 is 0 Å². The number of thioether (sulfide) groups is 1. The number of benzene rings is 1. The van der Waals surface area contributed by atoms with Gasteiger partial charge in [-0.1, -0.05) is 17.8 Å². The molecule has 0 fully saturated rings. The van der Waals surface area contributed by atoms with Gasteiger partial charge in [0.15, 0.2) is 0 Å². The number of thiazole rings is 1. The van der Waals surface area contributed by atoms with Gasteiger partial charge in [0.2, 0.25) is 11.8 Å². The van der Waals surface area contributed by atoms with Crippen LogP contribution in [0.3, 0.4) is 0 Å². The maximum atomic E-state index is 12.3. The average Bonchev–Trinajstić information content (AvgIpc) is 3.24. The first-order valence-corrected chi connectivity index (χ1v) is 9.50. The summed E-state index contributed by atoms with van der Waals surface area (Å²) in [6.07, 6.45) is 0.472. The second kappa shape index (κ2) is 8.12. The first kappa shape index (κ1) is 18.1. The highest BCUT2D eigenvalue weighted by Gasteiger charge is 2.19. The fourth-order valence-electron chi connectivity index (χ4n) is 2.12. The lowest BCUT2D eigenvalue weighted by Crippen LogP contribution is -2.22. The molecule has 0 aliphatic carbocycles. The molecule has 2 aromatic heterocycles.